The maximum absolute atomic E-state index is 5.29. The fraction of sp³-hybridized carbons (Fsp3) is 0.125. The standard InChI is InChI=1S/C6H5.2C5H5.H2S.Zr/c1-2-4-6-5-3-1;2*1-2-4-5-3-1;;/h1-5H;2*1-3H,4H2;1H2;/q;;;;+1/p-1. The third kappa shape index (κ3) is 2.06. The predicted molar refractivity (Wildman–Crippen MR) is 78.7 cm³/mol. The molecule has 0 unspecified atom stereocenters. The molecule has 0 spiro atoms. The molecule has 0 bridgehead atoms. The summed E-state index contributed by atoms with van der Waals surface area (Å²) in [5.74, 6) is 0. The van der Waals surface area contributed by atoms with Gasteiger partial charge in [-0.25, -0.2) is 0 Å². The summed E-state index contributed by atoms with van der Waals surface area (Å²) in [5.41, 5.74) is 0. The van der Waals surface area contributed by atoms with Gasteiger partial charge in [0.1, 0.15) is 0 Å². The number of rotatable bonds is 3. The normalized spacial score (nSPS) is 18.1. The van der Waals surface area contributed by atoms with Crippen LogP contribution in [-0.2, 0) is 18.8 Å². The van der Waals surface area contributed by atoms with Gasteiger partial charge in [0.15, 0.2) is 0 Å². The summed E-state index contributed by atoms with van der Waals surface area (Å²) >= 11 is -2.84. The molecule has 0 saturated heterocycles. The molecule has 0 fully saturated rings. The van der Waals surface area contributed by atoms with Gasteiger partial charge in [-0.3, -0.25) is 0 Å². The van der Waals surface area contributed by atoms with Crippen LogP contribution >= 0.6 is 9.39 Å². The molecule has 2 aliphatic rings. The van der Waals surface area contributed by atoms with Gasteiger partial charge >= 0.3 is 118 Å². The van der Waals surface area contributed by atoms with Crippen LogP contribution in [0.4, 0.5) is 0 Å². The van der Waals surface area contributed by atoms with Crippen molar-refractivity contribution in [1.29, 1.82) is 0 Å². The zero-order valence-electron chi connectivity index (χ0n) is 10.2. The van der Waals surface area contributed by atoms with Gasteiger partial charge in [-0.05, 0) is 0 Å². The molecule has 0 aromatic heterocycles. The van der Waals surface area contributed by atoms with E-state index in [0.717, 1.165) is 12.8 Å². The van der Waals surface area contributed by atoms with E-state index in [4.69, 9.17) is 9.39 Å². The Morgan fingerprint density at radius 2 is 1.39 bits per heavy atom. The molecule has 1 aromatic carbocycles. The van der Waals surface area contributed by atoms with Gasteiger partial charge < -0.3 is 0 Å². The van der Waals surface area contributed by atoms with Crippen LogP contribution in [0.3, 0.4) is 0 Å². The molecular formula is C16H16SZr. The second kappa shape index (κ2) is 5.19. The predicted octanol–water partition coefficient (Wildman–Crippen LogP) is 4.00. The van der Waals surface area contributed by atoms with E-state index in [1.807, 2.05) is 0 Å². The summed E-state index contributed by atoms with van der Waals surface area (Å²) in [7, 11) is 5.29. The van der Waals surface area contributed by atoms with Crippen molar-refractivity contribution in [2.45, 2.75) is 12.8 Å². The number of hydrogen-bond acceptors (Lipinski definition) is 1. The Hall–Kier alpha value is -0.587. The van der Waals surface area contributed by atoms with Crippen LogP contribution in [-0.4, -0.2) is 0 Å². The summed E-state index contributed by atoms with van der Waals surface area (Å²) < 4.78 is 4.63. The van der Waals surface area contributed by atoms with E-state index in [1.165, 1.54) is 3.27 Å². The van der Waals surface area contributed by atoms with E-state index in [-0.39, 0.29) is 0 Å². The monoisotopic (exact) mass is 330 g/mol. The van der Waals surface area contributed by atoms with Crippen LogP contribution in [0.1, 0.15) is 12.8 Å². The first-order valence-corrected chi connectivity index (χ1v) is 13.8. The Morgan fingerprint density at radius 1 is 0.833 bits per heavy atom. The van der Waals surface area contributed by atoms with E-state index in [1.54, 1.807) is 6.56 Å². The van der Waals surface area contributed by atoms with E-state index in [2.05, 4.69) is 66.8 Å². The number of allylic oxidation sites excluding steroid dienone is 8. The Balaban J connectivity index is 2.09. The van der Waals surface area contributed by atoms with Gasteiger partial charge in [0.05, 0.1) is 0 Å². The van der Waals surface area contributed by atoms with Crippen molar-refractivity contribution in [1.82, 2.24) is 0 Å². The molecule has 1 aromatic rings. The van der Waals surface area contributed by atoms with E-state index < -0.39 is 18.8 Å². The summed E-state index contributed by atoms with van der Waals surface area (Å²) in [6.45, 7) is 0. The second-order valence-corrected chi connectivity index (χ2v) is 16.8. The van der Waals surface area contributed by atoms with Crippen LogP contribution in [0, 0.1) is 0 Å². The number of benzene rings is 1. The molecule has 2 heteroatoms. The molecule has 0 amide bonds. The molecule has 0 aliphatic heterocycles. The third-order valence-electron chi connectivity index (χ3n) is 3.66. The van der Waals surface area contributed by atoms with Crippen LogP contribution in [0.15, 0.2) is 73.3 Å². The van der Waals surface area contributed by atoms with Gasteiger partial charge in [-0.15, -0.1) is 0 Å². The quantitative estimate of drug-likeness (QED) is 0.795. The van der Waals surface area contributed by atoms with Gasteiger partial charge in [0, 0.05) is 0 Å². The van der Waals surface area contributed by atoms with E-state index >= 15 is 0 Å². The second-order valence-electron chi connectivity index (χ2n) is 4.72. The van der Waals surface area contributed by atoms with Crippen LogP contribution in [0.2, 0.25) is 0 Å². The van der Waals surface area contributed by atoms with Crippen molar-refractivity contribution in [3.8, 4) is 0 Å². The van der Waals surface area contributed by atoms with Gasteiger partial charge in [-0.1, -0.05) is 0 Å². The first-order valence-electron chi connectivity index (χ1n) is 6.32. The molecule has 2 aliphatic carbocycles. The zero-order chi connectivity index (χ0) is 12.4. The molecule has 90 valence electrons. The van der Waals surface area contributed by atoms with Crippen molar-refractivity contribution in [2.75, 3.05) is 0 Å². The molecule has 0 N–H and O–H groups in total. The van der Waals surface area contributed by atoms with Crippen LogP contribution in [0.25, 0.3) is 0 Å². The number of thiol groups is 1. The first kappa shape index (κ1) is 12.4. The molecule has 0 radical (unpaired) electrons. The summed E-state index contributed by atoms with van der Waals surface area (Å²) in [6, 6.07) is 10.9. The van der Waals surface area contributed by atoms with Crippen molar-refractivity contribution in [3.63, 3.8) is 0 Å². The summed E-state index contributed by atoms with van der Waals surface area (Å²) in [6.07, 6.45) is 15.7. The topological polar surface area (TPSA) is 0 Å². The molecular weight excluding hydrogens is 315 g/mol. The Kier molecular flexibility index (Phi) is 3.59. The summed E-state index contributed by atoms with van der Waals surface area (Å²) in [5, 5.41) is 0. The van der Waals surface area contributed by atoms with Crippen LogP contribution < -0.4 is 3.27 Å². The number of hydrogen-bond donors (Lipinski definition) is 1. The zero-order valence-corrected chi connectivity index (χ0v) is 13.6. The molecule has 0 atom stereocenters. The Labute approximate surface area is 117 Å². The Morgan fingerprint density at radius 3 is 1.83 bits per heavy atom. The molecule has 0 nitrogen and oxygen atoms in total. The third-order valence-corrected chi connectivity index (χ3v) is 17.9. The van der Waals surface area contributed by atoms with Crippen molar-refractivity contribution >= 4 is 12.7 Å². The molecule has 0 heterocycles. The fourth-order valence-corrected chi connectivity index (χ4v) is 13.7. The molecule has 3 rings (SSSR count). The molecule has 0 saturated carbocycles. The van der Waals surface area contributed by atoms with Crippen molar-refractivity contribution in [3.05, 3.63) is 73.3 Å². The van der Waals surface area contributed by atoms with Gasteiger partial charge in [0.2, 0.25) is 0 Å². The Bertz CT molecular complexity index is 534. The van der Waals surface area contributed by atoms with Crippen molar-refractivity contribution < 1.29 is 18.8 Å². The maximum atomic E-state index is 5.29. The SMILES string of the molecule is [SH][Zr]([C]1=CC=CC1)([C]1=CC=CC1)[c]1ccccc1. The van der Waals surface area contributed by atoms with Crippen LogP contribution in [0.5, 0.6) is 0 Å². The van der Waals surface area contributed by atoms with Gasteiger partial charge in [-0.2, -0.15) is 0 Å². The average molecular weight is 332 g/mol. The minimum atomic E-state index is -2.84. The van der Waals surface area contributed by atoms with E-state index in [9.17, 15) is 0 Å². The van der Waals surface area contributed by atoms with E-state index in [0.29, 0.717) is 0 Å². The average Bonchev–Trinajstić information content (AvgIpc) is 3.12. The summed E-state index contributed by atoms with van der Waals surface area (Å²) in [4.78, 5) is 0. The van der Waals surface area contributed by atoms with Crippen molar-refractivity contribution in [2.24, 2.45) is 0 Å². The minimum absolute atomic E-state index is 1.09. The van der Waals surface area contributed by atoms with Gasteiger partial charge in [0.25, 0.3) is 0 Å². The molecule has 18 heavy (non-hydrogen) atoms. The first-order chi connectivity index (χ1) is 8.82. The fourth-order valence-electron chi connectivity index (χ4n) is 2.69.